The third kappa shape index (κ3) is 4.70. The number of esters is 1. The molecule has 0 radical (unpaired) electrons. The van der Waals surface area contributed by atoms with Gasteiger partial charge in [0.05, 0.1) is 18.7 Å². The summed E-state index contributed by atoms with van der Waals surface area (Å²) in [6.45, 7) is 2.71. The average molecular weight is 448 g/mol. The van der Waals surface area contributed by atoms with E-state index in [-0.39, 0.29) is 25.3 Å². The Morgan fingerprint density at radius 3 is 2.47 bits per heavy atom. The van der Waals surface area contributed by atoms with Crippen LogP contribution in [0.4, 0.5) is 13.6 Å². The summed E-state index contributed by atoms with van der Waals surface area (Å²) in [5.74, 6) is -3.05. The predicted octanol–water partition coefficient (Wildman–Crippen LogP) is 2.35. The van der Waals surface area contributed by atoms with E-state index in [2.05, 4.69) is 5.32 Å². The van der Waals surface area contributed by atoms with Gasteiger partial charge in [-0.05, 0) is 55.8 Å². The van der Waals surface area contributed by atoms with Crippen molar-refractivity contribution in [2.75, 3.05) is 19.8 Å². The molecule has 0 aliphatic carbocycles. The molecule has 0 saturated carbocycles. The van der Waals surface area contributed by atoms with Gasteiger partial charge in [0.15, 0.2) is 11.6 Å². The molecule has 2 atom stereocenters. The van der Waals surface area contributed by atoms with Crippen molar-refractivity contribution in [1.82, 2.24) is 10.2 Å². The lowest BCUT2D eigenvalue weighted by molar-refractivity contribution is -0.132. The maximum absolute atomic E-state index is 13.6. The van der Waals surface area contributed by atoms with Gasteiger partial charge in [-0.1, -0.05) is 6.07 Å². The number of aliphatic hydroxyl groups is 1. The molecular formula is C22H22F2N2O6. The van der Waals surface area contributed by atoms with Crippen molar-refractivity contribution >= 4 is 17.9 Å². The third-order valence-corrected chi connectivity index (χ3v) is 4.97. The number of benzene rings is 2. The van der Waals surface area contributed by atoms with Gasteiger partial charge in [-0.15, -0.1) is 0 Å². The van der Waals surface area contributed by atoms with Gasteiger partial charge in [0.25, 0.3) is 5.91 Å². The van der Waals surface area contributed by atoms with Gasteiger partial charge < -0.3 is 19.9 Å². The molecular weight excluding hydrogens is 426 g/mol. The number of rotatable bonds is 8. The smallest absolute Gasteiger partial charge is 0.338 e. The lowest BCUT2D eigenvalue weighted by Crippen LogP contribution is -2.42. The van der Waals surface area contributed by atoms with E-state index in [0.29, 0.717) is 11.3 Å². The van der Waals surface area contributed by atoms with Gasteiger partial charge in [0.2, 0.25) is 0 Å². The second-order valence-electron chi connectivity index (χ2n) is 7.31. The fourth-order valence-corrected chi connectivity index (χ4v) is 3.22. The van der Waals surface area contributed by atoms with Gasteiger partial charge in [-0.25, -0.2) is 18.4 Å². The number of β-amino-alcohol motifs (C(OH)–C–C–N with tert-alkyl or cyclic N) is 1. The van der Waals surface area contributed by atoms with Crippen LogP contribution in [0.2, 0.25) is 0 Å². The molecule has 0 bridgehead atoms. The minimum Gasteiger partial charge on any atom is -0.491 e. The highest BCUT2D eigenvalue weighted by atomic mass is 19.2. The van der Waals surface area contributed by atoms with Crippen LogP contribution < -0.4 is 10.1 Å². The summed E-state index contributed by atoms with van der Waals surface area (Å²) in [5.41, 5.74) is -1.19. The summed E-state index contributed by atoms with van der Waals surface area (Å²) < 4.78 is 37.2. The molecule has 3 rings (SSSR count). The monoisotopic (exact) mass is 448 g/mol. The molecule has 8 nitrogen and oxygen atoms in total. The number of ether oxygens (including phenoxy) is 2. The Bertz CT molecular complexity index is 1030. The maximum Gasteiger partial charge on any atom is 0.338 e. The first-order valence-electron chi connectivity index (χ1n) is 9.83. The first-order valence-corrected chi connectivity index (χ1v) is 9.83. The van der Waals surface area contributed by atoms with Gasteiger partial charge in [0.1, 0.15) is 24.0 Å². The number of carbonyl (C=O) groups excluding carboxylic acids is 3. The Morgan fingerprint density at radius 1 is 1.16 bits per heavy atom. The zero-order valence-corrected chi connectivity index (χ0v) is 17.4. The first-order chi connectivity index (χ1) is 15.2. The molecule has 1 aliphatic heterocycles. The Morgan fingerprint density at radius 2 is 1.84 bits per heavy atom. The Labute approximate surface area is 182 Å². The van der Waals surface area contributed by atoms with Crippen LogP contribution in [0, 0.1) is 11.6 Å². The fraction of sp³-hybridized carbons (Fsp3) is 0.318. The molecule has 1 saturated heterocycles. The van der Waals surface area contributed by atoms with E-state index < -0.39 is 41.2 Å². The normalized spacial score (nSPS) is 19.0. The van der Waals surface area contributed by atoms with E-state index in [1.165, 1.54) is 37.3 Å². The van der Waals surface area contributed by atoms with Crippen molar-refractivity contribution in [2.45, 2.75) is 25.5 Å². The zero-order chi connectivity index (χ0) is 23.5. The summed E-state index contributed by atoms with van der Waals surface area (Å²) in [5, 5.41) is 12.7. The van der Waals surface area contributed by atoms with E-state index in [0.717, 1.165) is 17.0 Å². The zero-order valence-electron chi connectivity index (χ0n) is 17.4. The molecule has 3 amide bonds. The third-order valence-electron chi connectivity index (χ3n) is 4.97. The molecule has 10 heteroatoms. The molecule has 1 fully saturated rings. The fourth-order valence-electron chi connectivity index (χ4n) is 3.22. The number of hydrogen-bond acceptors (Lipinski definition) is 6. The molecule has 32 heavy (non-hydrogen) atoms. The molecule has 2 unspecified atom stereocenters. The van der Waals surface area contributed by atoms with Crippen molar-refractivity contribution in [3.63, 3.8) is 0 Å². The van der Waals surface area contributed by atoms with Crippen molar-refractivity contribution in [3.05, 3.63) is 65.2 Å². The molecule has 1 aliphatic rings. The van der Waals surface area contributed by atoms with Crippen LogP contribution in [0.1, 0.15) is 29.8 Å². The number of hydrogen-bond donors (Lipinski definition) is 2. The Kier molecular flexibility index (Phi) is 6.73. The summed E-state index contributed by atoms with van der Waals surface area (Å²) in [6, 6.07) is 8.19. The highest BCUT2D eigenvalue weighted by Gasteiger charge is 2.49. The highest BCUT2D eigenvalue weighted by Crippen LogP contribution is 2.30. The number of carbonyl (C=O) groups is 3. The number of aliphatic hydroxyl groups excluding tert-OH is 1. The SMILES string of the molecule is CCOC(=O)c1ccc(OCC(O)CN2C(=O)NC(C)(c3ccc(F)c(F)c3)C2=O)cc1. The quantitative estimate of drug-likeness (QED) is 0.475. The second-order valence-corrected chi connectivity index (χ2v) is 7.31. The number of imide groups is 1. The first kappa shape index (κ1) is 23.1. The topological polar surface area (TPSA) is 105 Å². The number of halogens is 2. The van der Waals surface area contributed by atoms with E-state index in [9.17, 15) is 28.3 Å². The van der Waals surface area contributed by atoms with Crippen molar-refractivity contribution in [1.29, 1.82) is 0 Å². The van der Waals surface area contributed by atoms with Gasteiger partial charge in [-0.3, -0.25) is 9.69 Å². The Hall–Kier alpha value is -3.53. The van der Waals surface area contributed by atoms with Crippen LogP contribution in [0.25, 0.3) is 0 Å². The molecule has 0 spiro atoms. The largest absolute Gasteiger partial charge is 0.491 e. The number of amides is 3. The Balaban J connectivity index is 1.60. The molecule has 2 N–H and O–H groups in total. The van der Waals surface area contributed by atoms with E-state index in [1.807, 2.05) is 0 Å². The summed E-state index contributed by atoms with van der Waals surface area (Å²) in [7, 11) is 0. The van der Waals surface area contributed by atoms with Crippen molar-refractivity contribution in [2.24, 2.45) is 0 Å². The summed E-state index contributed by atoms with van der Waals surface area (Å²) in [4.78, 5) is 37.6. The summed E-state index contributed by atoms with van der Waals surface area (Å²) >= 11 is 0. The van der Waals surface area contributed by atoms with Crippen LogP contribution in [0.3, 0.4) is 0 Å². The predicted molar refractivity (Wildman–Crippen MR) is 108 cm³/mol. The van der Waals surface area contributed by atoms with Crippen molar-refractivity contribution in [3.8, 4) is 5.75 Å². The van der Waals surface area contributed by atoms with Crippen LogP contribution in [-0.4, -0.2) is 53.8 Å². The number of urea groups is 1. The van der Waals surface area contributed by atoms with E-state index >= 15 is 0 Å². The van der Waals surface area contributed by atoms with E-state index in [1.54, 1.807) is 6.92 Å². The second kappa shape index (κ2) is 9.31. The van der Waals surface area contributed by atoms with Crippen LogP contribution >= 0.6 is 0 Å². The lowest BCUT2D eigenvalue weighted by atomic mass is 9.92. The van der Waals surface area contributed by atoms with Gasteiger partial charge in [-0.2, -0.15) is 0 Å². The minimum atomic E-state index is -1.60. The lowest BCUT2D eigenvalue weighted by Gasteiger charge is -2.23. The van der Waals surface area contributed by atoms with Crippen LogP contribution in [0.15, 0.2) is 42.5 Å². The molecule has 0 aromatic heterocycles. The standard InChI is InChI=1S/C22H22F2N2O6/c1-3-31-19(28)13-4-7-16(8-5-13)32-12-15(27)11-26-20(29)22(2,25-21(26)30)14-6-9-17(23)18(24)10-14/h4-10,15,27H,3,11-12H2,1-2H3,(H,25,30). The maximum atomic E-state index is 13.6. The molecule has 2 aromatic carbocycles. The van der Waals surface area contributed by atoms with Crippen molar-refractivity contribution < 1.29 is 37.7 Å². The van der Waals surface area contributed by atoms with Gasteiger partial charge in [0, 0.05) is 0 Å². The van der Waals surface area contributed by atoms with Crippen LogP contribution in [-0.2, 0) is 15.1 Å². The van der Waals surface area contributed by atoms with Gasteiger partial charge >= 0.3 is 12.0 Å². The molecule has 2 aromatic rings. The van der Waals surface area contributed by atoms with E-state index in [4.69, 9.17) is 9.47 Å². The van der Waals surface area contributed by atoms with Crippen LogP contribution in [0.5, 0.6) is 5.75 Å². The average Bonchev–Trinajstić information content (AvgIpc) is 2.98. The molecule has 170 valence electrons. The molecule has 1 heterocycles. The summed E-state index contributed by atoms with van der Waals surface area (Å²) in [6.07, 6.45) is -1.22. The minimum absolute atomic E-state index is 0.0738. The number of nitrogens with zero attached hydrogens (tertiary/aromatic N) is 1. The highest BCUT2D eigenvalue weighted by molar-refractivity contribution is 6.07. The number of nitrogens with one attached hydrogen (secondary N) is 1.